The number of ether oxygens (including phenoxy) is 1. The zero-order chi connectivity index (χ0) is 12.1. The largest absolute Gasteiger partial charge is 0.392 e. The second kappa shape index (κ2) is 7.94. The number of amides is 1. The first kappa shape index (κ1) is 15.7. The van der Waals surface area contributed by atoms with Crippen LogP contribution in [0.4, 0.5) is 0 Å². The molecule has 0 spiro atoms. The van der Waals surface area contributed by atoms with Crippen molar-refractivity contribution in [3.05, 3.63) is 0 Å². The maximum Gasteiger partial charge on any atom is 0.237 e. The van der Waals surface area contributed by atoms with E-state index in [1.54, 1.807) is 0 Å². The van der Waals surface area contributed by atoms with Gasteiger partial charge in [-0.1, -0.05) is 0 Å². The second-order valence-corrected chi connectivity index (χ2v) is 5.01. The Kier molecular flexibility index (Phi) is 6.92. The van der Waals surface area contributed by atoms with E-state index in [1.165, 1.54) is 12.8 Å². The maximum atomic E-state index is 11.6. The van der Waals surface area contributed by atoms with Crippen molar-refractivity contribution in [2.75, 3.05) is 26.3 Å². The Hall–Kier alpha value is -0.360. The molecule has 2 rings (SSSR count). The Labute approximate surface area is 114 Å². The molecule has 1 saturated carbocycles. The third-order valence-corrected chi connectivity index (χ3v) is 3.24. The van der Waals surface area contributed by atoms with Gasteiger partial charge in [-0.3, -0.25) is 4.79 Å². The van der Waals surface area contributed by atoms with Crippen LogP contribution in [0.5, 0.6) is 0 Å². The van der Waals surface area contributed by atoms with Crippen molar-refractivity contribution in [3.8, 4) is 0 Å². The van der Waals surface area contributed by atoms with Crippen LogP contribution >= 0.6 is 12.4 Å². The third kappa shape index (κ3) is 5.52. The lowest BCUT2D eigenvalue weighted by molar-refractivity contribution is -0.122. The Morgan fingerprint density at radius 1 is 1.44 bits per heavy atom. The number of aliphatic hydroxyl groups excluding tert-OH is 1. The Morgan fingerprint density at radius 2 is 2.22 bits per heavy atom. The SMILES string of the molecule is Cl.O=C(NCCCOCC1CC1)C1CC(O)CN1. The Balaban J connectivity index is 0.00000162. The number of hydrogen-bond donors (Lipinski definition) is 3. The quantitative estimate of drug-likeness (QED) is 0.576. The van der Waals surface area contributed by atoms with Crippen LogP contribution in [0, 0.1) is 5.92 Å². The van der Waals surface area contributed by atoms with Crippen LogP contribution < -0.4 is 10.6 Å². The lowest BCUT2D eigenvalue weighted by Gasteiger charge is -2.10. The minimum atomic E-state index is -0.382. The van der Waals surface area contributed by atoms with Gasteiger partial charge in [-0.15, -0.1) is 12.4 Å². The van der Waals surface area contributed by atoms with Gasteiger partial charge in [0, 0.05) is 26.3 Å². The Morgan fingerprint density at radius 3 is 2.83 bits per heavy atom. The van der Waals surface area contributed by atoms with Crippen molar-refractivity contribution >= 4 is 18.3 Å². The molecular formula is C12H23ClN2O3. The van der Waals surface area contributed by atoms with Gasteiger partial charge >= 0.3 is 0 Å². The molecule has 1 saturated heterocycles. The molecule has 106 valence electrons. The molecule has 0 aromatic rings. The highest BCUT2D eigenvalue weighted by molar-refractivity contribution is 5.85. The van der Waals surface area contributed by atoms with Crippen LogP contribution in [-0.2, 0) is 9.53 Å². The van der Waals surface area contributed by atoms with Gasteiger partial charge in [0.15, 0.2) is 0 Å². The average Bonchev–Trinajstić information content (AvgIpc) is 3.04. The molecular weight excluding hydrogens is 256 g/mol. The first-order chi connectivity index (χ1) is 8.25. The fraction of sp³-hybridized carbons (Fsp3) is 0.917. The number of carbonyl (C=O) groups excluding carboxylic acids is 1. The normalized spacial score (nSPS) is 26.7. The van der Waals surface area contributed by atoms with E-state index in [0.29, 0.717) is 19.5 Å². The molecule has 1 aliphatic heterocycles. The summed E-state index contributed by atoms with van der Waals surface area (Å²) < 4.78 is 5.47. The van der Waals surface area contributed by atoms with E-state index in [9.17, 15) is 9.90 Å². The summed E-state index contributed by atoms with van der Waals surface area (Å²) in [6, 6.07) is -0.225. The molecule has 0 aromatic heterocycles. The zero-order valence-corrected chi connectivity index (χ0v) is 11.4. The van der Waals surface area contributed by atoms with Crippen LogP contribution in [0.1, 0.15) is 25.7 Å². The van der Waals surface area contributed by atoms with E-state index in [1.807, 2.05) is 0 Å². The van der Waals surface area contributed by atoms with Crippen molar-refractivity contribution in [2.45, 2.75) is 37.8 Å². The van der Waals surface area contributed by atoms with Gasteiger partial charge in [0.05, 0.1) is 12.1 Å². The standard InChI is InChI=1S/C12H22N2O3.ClH/c15-10-6-11(14-7-10)12(16)13-4-1-5-17-8-9-2-3-9;/h9-11,14-15H,1-8H2,(H,13,16);1H. The molecule has 2 aliphatic rings. The maximum absolute atomic E-state index is 11.6. The van der Waals surface area contributed by atoms with E-state index in [-0.39, 0.29) is 30.5 Å². The van der Waals surface area contributed by atoms with Gasteiger partial charge in [0.1, 0.15) is 0 Å². The van der Waals surface area contributed by atoms with Crippen molar-refractivity contribution in [3.63, 3.8) is 0 Å². The zero-order valence-electron chi connectivity index (χ0n) is 10.6. The number of carbonyl (C=O) groups is 1. The highest BCUT2D eigenvalue weighted by Gasteiger charge is 2.27. The summed E-state index contributed by atoms with van der Waals surface area (Å²) in [6.45, 7) is 2.77. The van der Waals surface area contributed by atoms with Gasteiger partial charge < -0.3 is 20.5 Å². The number of halogens is 1. The lowest BCUT2D eigenvalue weighted by atomic mass is 10.2. The van der Waals surface area contributed by atoms with Crippen LogP contribution in [0.25, 0.3) is 0 Å². The molecule has 18 heavy (non-hydrogen) atoms. The van der Waals surface area contributed by atoms with Gasteiger partial charge in [-0.05, 0) is 31.6 Å². The number of rotatable bonds is 7. The molecule has 2 atom stereocenters. The molecule has 2 fully saturated rings. The summed E-state index contributed by atoms with van der Waals surface area (Å²) in [7, 11) is 0. The fourth-order valence-corrected chi connectivity index (χ4v) is 1.96. The van der Waals surface area contributed by atoms with Gasteiger partial charge in [-0.25, -0.2) is 0 Å². The van der Waals surface area contributed by atoms with E-state index >= 15 is 0 Å². The molecule has 1 amide bonds. The van der Waals surface area contributed by atoms with E-state index in [0.717, 1.165) is 25.6 Å². The van der Waals surface area contributed by atoms with Crippen LogP contribution in [0.2, 0.25) is 0 Å². The number of hydrogen-bond acceptors (Lipinski definition) is 4. The molecule has 0 radical (unpaired) electrons. The van der Waals surface area contributed by atoms with Gasteiger partial charge in [0.25, 0.3) is 0 Å². The van der Waals surface area contributed by atoms with E-state index in [4.69, 9.17) is 4.74 Å². The molecule has 3 N–H and O–H groups in total. The Bertz CT molecular complexity index is 262. The monoisotopic (exact) mass is 278 g/mol. The molecule has 0 bridgehead atoms. The molecule has 1 heterocycles. The summed E-state index contributed by atoms with van der Waals surface area (Å²) in [5.74, 6) is 0.789. The third-order valence-electron chi connectivity index (χ3n) is 3.24. The number of nitrogens with one attached hydrogen (secondary N) is 2. The predicted molar refractivity (Wildman–Crippen MR) is 70.8 cm³/mol. The number of aliphatic hydroxyl groups is 1. The lowest BCUT2D eigenvalue weighted by Crippen LogP contribution is -2.40. The first-order valence-electron chi connectivity index (χ1n) is 6.52. The van der Waals surface area contributed by atoms with Gasteiger partial charge in [0.2, 0.25) is 5.91 Å². The van der Waals surface area contributed by atoms with Gasteiger partial charge in [-0.2, -0.15) is 0 Å². The number of β-amino-alcohol motifs (C(OH)–C–C–N with tert-alkyl or cyclic N) is 1. The van der Waals surface area contributed by atoms with E-state index < -0.39 is 0 Å². The topological polar surface area (TPSA) is 70.6 Å². The fourth-order valence-electron chi connectivity index (χ4n) is 1.96. The van der Waals surface area contributed by atoms with Crippen LogP contribution in [-0.4, -0.2) is 49.5 Å². The average molecular weight is 279 g/mol. The molecule has 2 unspecified atom stereocenters. The van der Waals surface area contributed by atoms with Crippen molar-refractivity contribution in [1.29, 1.82) is 0 Å². The van der Waals surface area contributed by atoms with E-state index in [2.05, 4.69) is 10.6 Å². The molecule has 1 aliphatic carbocycles. The van der Waals surface area contributed by atoms with Crippen LogP contribution in [0.15, 0.2) is 0 Å². The predicted octanol–water partition coefficient (Wildman–Crippen LogP) is 0.0639. The highest BCUT2D eigenvalue weighted by atomic mass is 35.5. The van der Waals surface area contributed by atoms with Crippen LogP contribution in [0.3, 0.4) is 0 Å². The molecule has 6 heteroatoms. The van der Waals surface area contributed by atoms with Crippen molar-refractivity contribution < 1.29 is 14.6 Å². The summed E-state index contributed by atoms with van der Waals surface area (Å²) in [4.78, 5) is 11.6. The van der Waals surface area contributed by atoms with Crippen molar-refractivity contribution in [2.24, 2.45) is 5.92 Å². The van der Waals surface area contributed by atoms with Crippen molar-refractivity contribution in [1.82, 2.24) is 10.6 Å². The second-order valence-electron chi connectivity index (χ2n) is 5.01. The summed E-state index contributed by atoms with van der Waals surface area (Å²) in [6.07, 6.45) is 3.61. The summed E-state index contributed by atoms with van der Waals surface area (Å²) in [5.41, 5.74) is 0. The smallest absolute Gasteiger partial charge is 0.237 e. The molecule has 5 nitrogen and oxygen atoms in total. The first-order valence-corrected chi connectivity index (χ1v) is 6.52. The summed E-state index contributed by atoms with van der Waals surface area (Å²) in [5, 5.41) is 15.1. The minimum Gasteiger partial charge on any atom is -0.392 e. The minimum absolute atomic E-state index is 0. The highest BCUT2D eigenvalue weighted by Crippen LogP contribution is 2.28. The summed E-state index contributed by atoms with van der Waals surface area (Å²) >= 11 is 0. The molecule has 0 aromatic carbocycles.